The number of para-hydroxylation sites is 1. The number of nitrogens with zero attached hydrogens (tertiary/aromatic N) is 2. The summed E-state index contributed by atoms with van der Waals surface area (Å²) in [5.41, 5.74) is 2.29. The van der Waals surface area contributed by atoms with E-state index in [1.165, 1.54) is 0 Å². The zero-order valence-electron chi connectivity index (χ0n) is 16.1. The summed E-state index contributed by atoms with van der Waals surface area (Å²) in [6.45, 7) is 0.285. The molecule has 0 saturated carbocycles. The Hall–Kier alpha value is -2.84. The van der Waals surface area contributed by atoms with E-state index in [4.69, 9.17) is 0 Å². The fourth-order valence-electron chi connectivity index (χ4n) is 3.36. The van der Waals surface area contributed by atoms with Gasteiger partial charge in [-0.2, -0.15) is 0 Å². The van der Waals surface area contributed by atoms with E-state index >= 15 is 0 Å². The molecule has 0 atom stereocenters. The molecule has 8 heteroatoms. The fourth-order valence-corrected chi connectivity index (χ4v) is 5.00. The molecule has 0 radical (unpaired) electrons. The molecule has 1 fully saturated rings. The highest BCUT2D eigenvalue weighted by Crippen LogP contribution is 2.32. The van der Waals surface area contributed by atoms with Crippen LogP contribution in [0.2, 0.25) is 0 Å². The van der Waals surface area contributed by atoms with Crippen molar-refractivity contribution < 1.29 is 14.4 Å². The normalized spacial score (nSPS) is 15.4. The van der Waals surface area contributed by atoms with Gasteiger partial charge in [-0.1, -0.05) is 48.5 Å². The number of rotatable bonds is 5. The van der Waals surface area contributed by atoms with Gasteiger partial charge < -0.3 is 9.88 Å². The van der Waals surface area contributed by atoms with Crippen molar-refractivity contribution in [3.05, 3.63) is 75.2 Å². The lowest BCUT2D eigenvalue weighted by molar-refractivity contribution is -0.122. The van der Waals surface area contributed by atoms with Gasteiger partial charge in [0.1, 0.15) is 5.69 Å². The maximum Gasteiger partial charge on any atom is 0.293 e. The van der Waals surface area contributed by atoms with E-state index in [0.717, 1.165) is 37.6 Å². The molecule has 0 aliphatic carbocycles. The van der Waals surface area contributed by atoms with Gasteiger partial charge >= 0.3 is 0 Å². The Morgan fingerprint density at radius 2 is 1.80 bits per heavy atom. The van der Waals surface area contributed by atoms with Gasteiger partial charge in [0.25, 0.3) is 17.1 Å². The highest BCUT2D eigenvalue weighted by Gasteiger charge is 2.34. The summed E-state index contributed by atoms with van der Waals surface area (Å²) >= 11 is 4.42. The second kappa shape index (κ2) is 8.49. The summed E-state index contributed by atoms with van der Waals surface area (Å²) in [5, 5.41) is 3.42. The Balaban J connectivity index is 1.42. The first kappa shape index (κ1) is 20.4. The number of imide groups is 1. The SMILES string of the molecule is Cn1c(C(=O)NCCN2C(=O)S/C(=C\c3ccccc3)C2=O)c(Br)c2ccccc21. The van der Waals surface area contributed by atoms with Crippen molar-refractivity contribution in [1.82, 2.24) is 14.8 Å². The molecule has 0 spiro atoms. The largest absolute Gasteiger partial charge is 0.349 e. The van der Waals surface area contributed by atoms with Crippen LogP contribution in [0.3, 0.4) is 0 Å². The van der Waals surface area contributed by atoms with Gasteiger partial charge in [-0.25, -0.2) is 0 Å². The third-order valence-electron chi connectivity index (χ3n) is 4.85. The van der Waals surface area contributed by atoms with E-state index in [9.17, 15) is 14.4 Å². The maximum atomic E-state index is 12.7. The number of aryl methyl sites for hydroxylation is 1. The zero-order chi connectivity index (χ0) is 21.3. The minimum Gasteiger partial charge on any atom is -0.349 e. The molecule has 2 heterocycles. The number of aromatic nitrogens is 1. The second-order valence-corrected chi connectivity index (χ2v) is 8.52. The molecule has 3 amide bonds. The fraction of sp³-hybridized carbons (Fsp3) is 0.136. The van der Waals surface area contributed by atoms with Gasteiger partial charge in [-0.15, -0.1) is 0 Å². The molecule has 2 aromatic carbocycles. The highest BCUT2D eigenvalue weighted by molar-refractivity contribution is 9.10. The van der Waals surface area contributed by atoms with Gasteiger partial charge in [0, 0.05) is 31.0 Å². The standard InChI is InChI=1S/C22H18BrN3O3S/c1-25-16-10-6-5-9-15(16)18(23)19(25)20(27)24-11-12-26-21(28)17(30-22(26)29)13-14-7-3-2-4-8-14/h2-10,13H,11-12H2,1H3,(H,24,27)/b17-13-. The first-order valence-corrected chi connectivity index (χ1v) is 10.9. The van der Waals surface area contributed by atoms with Gasteiger partial charge in [-0.3, -0.25) is 19.3 Å². The van der Waals surface area contributed by atoms with E-state index < -0.39 is 0 Å². The lowest BCUT2D eigenvalue weighted by Crippen LogP contribution is -2.37. The summed E-state index contributed by atoms with van der Waals surface area (Å²) in [5.74, 6) is -0.610. The summed E-state index contributed by atoms with van der Waals surface area (Å²) < 4.78 is 2.53. The van der Waals surface area contributed by atoms with E-state index in [-0.39, 0.29) is 30.1 Å². The molecule has 1 aliphatic rings. The monoisotopic (exact) mass is 483 g/mol. The Morgan fingerprint density at radius 3 is 2.53 bits per heavy atom. The Kier molecular flexibility index (Phi) is 5.78. The van der Waals surface area contributed by atoms with E-state index in [2.05, 4.69) is 21.2 Å². The molecule has 30 heavy (non-hydrogen) atoms. The van der Waals surface area contributed by atoms with Crippen molar-refractivity contribution in [3.63, 3.8) is 0 Å². The zero-order valence-corrected chi connectivity index (χ0v) is 18.5. The smallest absolute Gasteiger partial charge is 0.293 e. The van der Waals surface area contributed by atoms with Gasteiger partial charge in [-0.05, 0) is 45.4 Å². The number of carbonyl (C=O) groups excluding carboxylic acids is 3. The average Bonchev–Trinajstić information content (AvgIpc) is 3.16. The van der Waals surface area contributed by atoms with Crippen LogP contribution in [0.25, 0.3) is 17.0 Å². The third-order valence-corrected chi connectivity index (χ3v) is 6.56. The van der Waals surface area contributed by atoms with Gasteiger partial charge in [0.05, 0.1) is 9.38 Å². The van der Waals surface area contributed by atoms with Crippen LogP contribution < -0.4 is 5.32 Å². The molecule has 1 N–H and O–H groups in total. The van der Waals surface area contributed by atoms with Crippen LogP contribution in [0.5, 0.6) is 0 Å². The van der Waals surface area contributed by atoms with Crippen molar-refractivity contribution in [2.24, 2.45) is 7.05 Å². The van der Waals surface area contributed by atoms with Gasteiger partial charge in [0.2, 0.25) is 0 Å². The van der Waals surface area contributed by atoms with Crippen molar-refractivity contribution in [1.29, 1.82) is 0 Å². The predicted octanol–water partition coefficient (Wildman–Crippen LogP) is 4.41. The topological polar surface area (TPSA) is 71.4 Å². The number of hydrogen-bond donors (Lipinski definition) is 1. The van der Waals surface area contributed by atoms with Crippen LogP contribution in [0.4, 0.5) is 4.79 Å². The van der Waals surface area contributed by atoms with Crippen molar-refractivity contribution in [2.45, 2.75) is 0 Å². The second-order valence-electron chi connectivity index (χ2n) is 6.74. The first-order chi connectivity index (χ1) is 14.5. The summed E-state index contributed by atoms with van der Waals surface area (Å²) in [6, 6.07) is 17.1. The number of benzene rings is 2. The Labute approximate surface area is 186 Å². The first-order valence-electron chi connectivity index (χ1n) is 9.29. The number of fused-ring (bicyclic) bond motifs is 1. The van der Waals surface area contributed by atoms with Gasteiger partial charge in [0.15, 0.2) is 0 Å². The average molecular weight is 484 g/mol. The van der Waals surface area contributed by atoms with Crippen molar-refractivity contribution in [3.8, 4) is 0 Å². The van der Waals surface area contributed by atoms with Crippen molar-refractivity contribution in [2.75, 3.05) is 13.1 Å². The highest BCUT2D eigenvalue weighted by atomic mass is 79.9. The molecule has 1 aromatic heterocycles. The molecule has 4 rings (SSSR count). The van der Waals surface area contributed by atoms with E-state index in [1.807, 2.05) is 66.2 Å². The lowest BCUT2D eigenvalue weighted by Gasteiger charge is -2.13. The summed E-state index contributed by atoms with van der Waals surface area (Å²) in [7, 11) is 1.83. The number of nitrogens with one attached hydrogen (secondary N) is 1. The van der Waals surface area contributed by atoms with Crippen LogP contribution in [0.1, 0.15) is 16.1 Å². The molecule has 1 aliphatic heterocycles. The molecular weight excluding hydrogens is 466 g/mol. The number of hydrogen-bond acceptors (Lipinski definition) is 4. The van der Waals surface area contributed by atoms with Crippen LogP contribution in [0, 0.1) is 0 Å². The Morgan fingerprint density at radius 1 is 1.10 bits per heavy atom. The third kappa shape index (κ3) is 3.80. The molecular formula is C22H18BrN3O3S. The number of amides is 3. The molecule has 152 valence electrons. The van der Waals surface area contributed by atoms with Crippen LogP contribution in [-0.4, -0.2) is 39.6 Å². The Bertz CT molecular complexity index is 1150. The molecule has 6 nitrogen and oxygen atoms in total. The lowest BCUT2D eigenvalue weighted by atomic mass is 10.2. The van der Waals surface area contributed by atoms with Crippen LogP contribution in [0.15, 0.2) is 64.0 Å². The number of halogens is 1. The predicted molar refractivity (Wildman–Crippen MR) is 122 cm³/mol. The molecule has 0 bridgehead atoms. The molecule has 1 saturated heterocycles. The summed E-state index contributed by atoms with van der Waals surface area (Å²) in [6.07, 6.45) is 1.70. The minimum absolute atomic E-state index is 0.115. The maximum absolute atomic E-state index is 12.7. The quantitative estimate of drug-likeness (QED) is 0.545. The summed E-state index contributed by atoms with van der Waals surface area (Å²) in [4.78, 5) is 39.1. The van der Waals surface area contributed by atoms with Crippen LogP contribution in [-0.2, 0) is 11.8 Å². The molecule has 3 aromatic rings. The van der Waals surface area contributed by atoms with E-state index in [1.54, 1.807) is 6.08 Å². The van der Waals surface area contributed by atoms with Crippen molar-refractivity contribution >= 4 is 61.7 Å². The minimum atomic E-state index is -0.339. The molecule has 0 unspecified atom stereocenters. The number of thioether (sulfide) groups is 1. The van der Waals surface area contributed by atoms with E-state index in [0.29, 0.717) is 10.6 Å². The number of carbonyl (C=O) groups is 3. The van der Waals surface area contributed by atoms with Crippen LogP contribution >= 0.6 is 27.7 Å².